The summed E-state index contributed by atoms with van der Waals surface area (Å²) in [5.74, 6) is -1.02. The second-order valence-corrected chi connectivity index (χ2v) is 11.1. The number of carbonyl (C=O) groups is 2. The van der Waals surface area contributed by atoms with Gasteiger partial charge in [0.15, 0.2) is 10.9 Å². The number of ketones is 1. The molecular weight excluding hydrogens is 525 g/mol. The number of rotatable bonds is 9. The zero-order valence-corrected chi connectivity index (χ0v) is 22.1. The molecule has 2 heterocycles. The quantitative estimate of drug-likeness (QED) is 0.191. The highest BCUT2D eigenvalue weighted by Crippen LogP contribution is 2.32. The van der Waals surface area contributed by atoms with Crippen LogP contribution in [0.4, 0.5) is 18.3 Å². The minimum atomic E-state index is -4.47. The summed E-state index contributed by atoms with van der Waals surface area (Å²) in [6.45, 7) is 2.88. The van der Waals surface area contributed by atoms with Crippen molar-refractivity contribution in [3.63, 3.8) is 0 Å². The van der Waals surface area contributed by atoms with E-state index < -0.39 is 30.1 Å². The summed E-state index contributed by atoms with van der Waals surface area (Å²) >= 11 is 2.57. The minimum Gasteiger partial charge on any atom is -0.457 e. The van der Waals surface area contributed by atoms with Crippen molar-refractivity contribution in [3.8, 4) is 5.69 Å². The molecule has 3 aromatic rings. The highest BCUT2D eigenvalue weighted by Gasteiger charge is 2.31. The van der Waals surface area contributed by atoms with Gasteiger partial charge in [0.2, 0.25) is 10.9 Å². The molecule has 0 saturated heterocycles. The van der Waals surface area contributed by atoms with Gasteiger partial charge in [0, 0.05) is 28.7 Å². The lowest BCUT2D eigenvalue weighted by Crippen LogP contribution is -2.21. The number of carbonyl (C=O) groups excluding carboxylic acids is 2. The molecule has 0 bridgehead atoms. The van der Waals surface area contributed by atoms with Crippen LogP contribution in [-0.4, -0.2) is 44.9 Å². The molecule has 198 valence electrons. The van der Waals surface area contributed by atoms with Crippen LogP contribution in [-0.2, 0) is 15.7 Å². The van der Waals surface area contributed by atoms with Crippen LogP contribution in [0.2, 0.25) is 0 Å². The Labute approximate surface area is 220 Å². The topological polar surface area (TPSA) is 86.1 Å². The zero-order valence-electron chi connectivity index (χ0n) is 20.4. The summed E-state index contributed by atoms with van der Waals surface area (Å²) in [4.78, 5) is 25.0. The van der Waals surface area contributed by atoms with E-state index in [1.54, 1.807) is 30.5 Å². The molecule has 1 fully saturated rings. The van der Waals surface area contributed by atoms with Gasteiger partial charge in [0.1, 0.15) is 0 Å². The molecule has 0 spiro atoms. The first-order valence-electron chi connectivity index (χ1n) is 11.9. The molecule has 4 rings (SSSR count). The monoisotopic (exact) mass is 552 g/mol. The van der Waals surface area contributed by atoms with Gasteiger partial charge in [-0.25, -0.2) is 0 Å². The van der Waals surface area contributed by atoms with E-state index in [1.807, 2.05) is 0 Å². The average Bonchev–Trinajstić information content (AvgIpc) is 3.44. The summed E-state index contributed by atoms with van der Waals surface area (Å²) in [7, 11) is 0. The average molecular weight is 553 g/mol. The van der Waals surface area contributed by atoms with Crippen molar-refractivity contribution in [1.82, 2.24) is 14.8 Å². The van der Waals surface area contributed by atoms with Crippen LogP contribution in [0, 0.1) is 13.8 Å². The Bertz CT molecular complexity index is 1270. The Morgan fingerprint density at radius 3 is 2.65 bits per heavy atom. The van der Waals surface area contributed by atoms with Crippen molar-refractivity contribution >= 4 is 40.0 Å². The van der Waals surface area contributed by atoms with Crippen molar-refractivity contribution in [2.24, 2.45) is 0 Å². The summed E-state index contributed by atoms with van der Waals surface area (Å²) in [5.41, 5.74) is 0.879. The van der Waals surface area contributed by atoms with E-state index in [-0.39, 0.29) is 11.3 Å². The summed E-state index contributed by atoms with van der Waals surface area (Å²) in [5, 5.41) is 12.3. The van der Waals surface area contributed by atoms with E-state index in [4.69, 9.17) is 4.74 Å². The first kappa shape index (κ1) is 27.2. The van der Waals surface area contributed by atoms with Gasteiger partial charge < -0.3 is 14.6 Å². The third-order valence-electron chi connectivity index (χ3n) is 6.18. The molecule has 2 aromatic heterocycles. The first-order chi connectivity index (χ1) is 17.6. The number of hydrogen-bond donors (Lipinski definition) is 1. The fourth-order valence-corrected chi connectivity index (χ4v) is 6.02. The zero-order chi connectivity index (χ0) is 26.6. The smallest absolute Gasteiger partial charge is 0.416 e. The fraction of sp³-hybridized carbons (Fsp3) is 0.440. The van der Waals surface area contributed by atoms with E-state index in [2.05, 4.69) is 15.5 Å². The van der Waals surface area contributed by atoms with E-state index >= 15 is 0 Å². The molecule has 0 atom stereocenters. The first-order valence-corrected chi connectivity index (χ1v) is 13.7. The molecule has 12 heteroatoms. The lowest BCUT2D eigenvalue weighted by molar-refractivity contribution is -0.139. The second-order valence-electron chi connectivity index (χ2n) is 8.89. The molecular formula is C25H27F3N4O3S2. The van der Waals surface area contributed by atoms with Crippen LogP contribution in [0.3, 0.4) is 0 Å². The molecule has 1 aliphatic carbocycles. The standard InChI is InChI=1S/C25H27F3N4O3S2/c1-15-11-20(16(2)32(15)19-10-6-7-17(12-19)25(26,27)28)21(33)13-35-22(34)14-36-24-31-30-23(37-24)29-18-8-4-3-5-9-18/h6-7,10-12,18H,3-5,8-9,13-14H2,1-2H3,(H,29,30). The maximum absolute atomic E-state index is 13.1. The van der Waals surface area contributed by atoms with Crippen LogP contribution in [0.15, 0.2) is 34.7 Å². The van der Waals surface area contributed by atoms with Gasteiger partial charge in [-0.2, -0.15) is 13.2 Å². The van der Waals surface area contributed by atoms with Crippen molar-refractivity contribution in [2.45, 2.75) is 62.5 Å². The number of esters is 1. The van der Waals surface area contributed by atoms with Crippen molar-refractivity contribution < 1.29 is 27.5 Å². The van der Waals surface area contributed by atoms with Gasteiger partial charge in [-0.05, 0) is 51.0 Å². The molecule has 1 aliphatic rings. The second kappa shape index (κ2) is 11.7. The van der Waals surface area contributed by atoms with Crippen molar-refractivity contribution in [3.05, 3.63) is 52.8 Å². The molecule has 0 aliphatic heterocycles. The Morgan fingerprint density at radius 1 is 1.16 bits per heavy atom. The largest absolute Gasteiger partial charge is 0.457 e. The van der Waals surface area contributed by atoms with Gasteiger partial charge >= 0.3 is 12.1 Å². The molecule has 1 aromatic carbocycles. The third-order valence-corrected chi connectivity index (χ3v) is 8.14. The Hall–Kier alpha value is -2.86. The third kappa shape index (κ3) is 6.92. The number of Topliss-reactive ketones (excluding diaryl/α,β-unsaturated/α-hetero) is 1. The molecule has 37 heavy (non-hydrogen) atoms. The number of anilines is 1. The molecule has 1 N–H and O–H groups in total. The molecule has 7 nitrogen and oxygen atoms in total. The molecule has 0 amide bonds. The Balaban J connectivity index is 1.31. The minimum absolute atomic E-state index is 0.0192. The Morgan fingerprint density at radius 2 is 1.92 bits per heavy atom. The van der Waals surface area contributed by atoms with Gasteiger partial charge in [-0.3, -0.25) is 9.59 Å². The van der Waals surface area contributed by atoms with Crippen LogP contribution >= 0.6 is 23.1 Å². The van der Waals surface area contributed by atoms with Crippen LogP contribution < -0.4 is 5.32 Å². The van der Waals surface area contributed by atoms with E-state index in [1.165, 1.54) is 48.4 Å². The van der Waals surface area contributed by atoms with Crippen molar-refractivity contribution in [2.75, 3.05) is 17.7 Å². The van der Waals surface area contributed by atoms with E-state index in [0.29, 0.717) is 27.5 Å². The maximum atomic E-state index is 13.1. The number of aryl methyl sites for hydroxylation is 1. The van der Waals surface area contributed by atoms with Gasteiger partial charge in [0.05, 0.1) is 11.3 Å². The highest BCUT2D eigenvalue weighted by molar-refractivity contribution is 8.01. The molecule has 0 unspecified atom stereocenters. The molecule has 0 radical (unpaired) electrons. The van der Waals surface area contributed by atoms with Gasteiger partial charge in [-0.1, -0.05) is 48.4 Å². The van der Waals surface area contributed by atoms with Crippen molar-refractivity contribution in [1.29, 1.82) is 0 Å². The molecule has 1 saturated carbocycles. The van der Waals surface area contributed by atoms with Gasteiger partial charge in [-0.15, -0.1) is 10.2 Å². The lowest BCUT2D eigenvalue weighted by Gasteiger charge is -2.21. The number of benzene rings is 1. The number of nitrogens with one attached hydrogen (secondary N) is 1. The SMILES string of the molecule is Cc1cc(C(=O)COC(=O)CSc2nnc(NC3CCCCC3)s2)c(C)n1-c1cccc(C(F)(F)F)c1. The number of aromatic nitrogens is 3. The maximum Gasteiger partial charge on any atom is 0.416 e. The number of alkyl halides is 3. The highest BCUT2D eigenvalue weighted by atomic mass is 32.2. The number of ether oxygens (including phenoxy) is 1. The van der Waals surface area contributed by atoms with Crippen LogP contribution in [0.25, 0.3) is 5.69 Å². The summed E-state index contributed by atoms with van der Waals surface area (Å²) in [6, 6.07) is 6.90. The van der Waals surface area contributed by atoms with Crippen LogP contribution in [0.1, 0.15) is 59.4 Å². The summed E-state index contributed by atoms with van der Waals surface area (Å²) in [6.07, 6.45) is 1.43. The summed E-state index contributed by atoms with van der Waals surface area (Å²) < 4.78 is 46.8. The fourth-order valence-electron chi connectivity index (χ4n) is 4.40. The number of nitrogens with zero attached hydrogens (tertiary/aromatic N) is 3. The normalized spacial score (nSPS) is 14.5. The van der Waals surface area contributed by atoms with E-state index in [9.17, 15) is 22.8 Å². The number of hydrogen-bond acceptors (Lipinski definition) is 8. The number of halogens is 3. The number of thioether (sulfide) groups is 1. The Kier molecular flexibility index (Phi) is 8.58. The predicted octanol–water partition coefficient (Wildman–Crippen LogP) is 6.23. The lowest BCUT2D eigenvalue weighted by atomic mass is 9.96. The predicted molar refractivity (Wildman–Crippen MR) is 137 cm³/mol. The van der Waals surface area contributed by atoms with E-state index in [0.717, 1.165) is 30.1 Å². The van der Waals surface area contributed by atoms with Gasteiger partial charge in [0.25, 0.3) is 0 Å². The van der Waals surface area contributed by atoms with Crippen LogP contribution in [0.5, 0.6) is 0 Å².